The Morgan fingerprint density at radius 1 is 1.00 bits per heavy atom. The van der Waals surface area contributed by atoms with Gasteiger partial charge in [-0.15, -0.1) is 11.8 Å². The largest absolute Gasteiger partial charge is 0.497 e. The van der Waals surface area contributed by atoms with Gasteiger partial charge in [0.05, 0.1) is 29.5 Å². The van der Waals surface area contributed by atoms with E-state index in [1.54, 1.807) is 12.0 Å². The molecule has 3 aliphatic heterocycles. The summed E-state index contributed by atoms with van der Waals surface area (Å²) in [5, 5.41) is 4.92. The fraction of sp³-hybridized carbons (Fsp3) is 0.324. The quantitative estimate of drug-likeness (QED) is 0.277. The van der Waals surface area contributed by atoms with E-state index in [0.29, 0.717) is 42.1 Å². The highest BCUT2D eigenvalue weighted by atomic mass is 32.2. The standard InChI is InChI=1S/C34H34N4O5S/c1-22-14-16-36(17-15-22)29(39)19-37-30(40)20-44-33(24-8-13-27-28(18-24)43-21-42-27)31-32(23-6-4-3-5-7-23)35-38(34(31)37)25-9-11-26(41-2)12-10-25/h3-13,18,22,33H,14-17,19-21H2,1-2H3/t33-/m0/s1. The molecule has 4 heterocycles. The smallest absolute Gasteiger partial charge is 0.242 e. The molecule has 226 valence electrons. The molecule has 0 spiro atoms. The van der Waals surface area contributed by atoms with Gasteiger partial charge in [0.25, 0.3) is 0 Å². The molecule has 1 aromatic heterocycles. The number of likely N-dealkylation sites (tertiary alicyclic amines) is 1. The molecular formula is C34H34N4O5S. The van der Waals surface area contributed by atoms with E-state index in [1.165, 1.54) is 11.8 Å². The summed E-state index contributed by atoms with van der Waals surface area (Å²) >= 11 is 1.54. The number of ether oxygens (including phenoxy) is 3. The van der Waals surface area contributed by atoms with Crippen LogP contribution in [0.15, 0.2) is 72.8 Å². The molecule has 2 amide bonds. The zero-order chi connectivity index (χ0) is 30.2. The molecule has 3 aromatic carbocycles. The van der Waals surface area contributed by atoms with Crippen molar-refractivity contribution in [2.24, 2.45) is 5.92 Å². The van der Waals surface area contributed by atoms with Crippen LogP contribution in [-0.4, -0.2) is 65.8 Å². The lowest BCUT2D eigenvalue weighted by Gasteiger charge is -2.32. The van der Waals surface area contributed by atoms with E-state index in [2.05, 4.69) is 6.92 Å². The van der Waals surface area contributed by atoms with Gasteiger partial charge in [0.1, 0.15) is 18.1 Å². The van der Waals surface area contributed by atoms with Gasteiger partial charge < -0.3 is 19.1 Å². The second-order valence-corrected chi connectivity index (χ2v) is 12.5. The molecule has 0 unspecified atom stereocenters. The molecular weight excluding hydrogens is 576 g/mol. The van der Waals surface area contributed by atoms with Crippen LogP contribution >= 0.6 is 11.8 Å². The molecule has 1 fully saturated rings. The average molecular weight is 611 g/mol. The number of thioether (sulfide) groups is 1. The number of methoxy groups -OCH3 is 1. The molecule has 0 bridgehead atoms. The van der Waals surface area contributed by atoms with Crippen molar-refractivity contribution in [2.75, 3.05) is 44.2 Å². The summed E-state index contributed by atoms with van der Waals surface area (Å²) < 4.78 is 18.6. The Labute approximate surface area is 260 Å². The van der Waals surface area contributed by atoms with Crippen molar-refractivity contribution in [3.8, 4) is 34.2 Å². The van der Waals surface area contributed by atoms with Crippen LogP contribution in [0.3, 0.4) is 0 Å². The third-order valence-corrected chi connectivity index (χ3v) is 9.84. The van der Waals surface area contributed by atoms with Crippen molar-refractivity contribution >= 4 is 29.4 Å². The van der Waals surface area contributed by atoms with Gasteiger partial charge in [-0.25, -0.2) is 4.68 Å². The predicted octanol–water partition coefficient (Wildman–Crippen LogP) is 5.70. The van der Waals surface area contributed by atoms with Crippen molar-refractivity contribution in [2.45, 2.75) is 25.0 Å². The number of carbonyl (C=O) groups is 2. The Morgan fingerprint density at radius 2 is 1.75 bits per heavy atom. The van der Waals surface area contributed by atoms with Crippen LogP contribution in [0, 0.1) is 5.92 Å². The first kappa shape index (κ1) is 28.3. The van der Waals surface area contributed by atoms with Crippen molar-refractivity contribution < 1.29 is 23.8 Å². The molecule has 3 aliphatic rings. The van der Waals surface area contributed by atoms with E-state index >= 15 is 0 Å². The number of benzene rings is 3. The number of hydrogen-bond acceptors (Lipinski definition) is 7. The van der Waals surface area contributed by atoms with Crippen molar-refractivity contribution in [3.05, 3.63) is 83.9 Å². The monoisotopic (exact) mass is 610 g/mol. The summed E-state index contributed by atoms with van der Waals surface area (Å²) in [4.78, 5) is 31.4. The Kier molecular flexibility index (Phi) is 7.68. The molecule has 44 heavy (non-hydrogen) atoms. The number of amides is 2. The Hall–Kier alpha value is -4.44. The lowest BCUT2D eigenvalue weighted by Crippen LogP contribution is -2.46. The number of hydrogen-bond donors (Lipinski definition) is 0. The number of aromatic nitrogens is 2. The van der Waals surface area contributed by atoms with Gasteiger partial charge in [0.2, 0.25) is 18.6 Å². The van der Waals surface area contributed by atoms with Crippen LogP contribution in [0.25, 0.3) is 16.9 Å². The molecule has 9 nitrogen and oxygen atoms in total. The van der Waals surface area contributed by atoms with E-state index in [-0.39, 0.29) is 36.2 Å². The molecule has 1 atom stereocenters. The minimum atomic E-state index is -0.262. The number of rotatable bonds is 6. The fourth-order valence-corrected chi connectivity index (χ4v) is 7.25. The van der Waals surface area contributed by atoms with Crippen molar-refractivity contribution in [1.29, 1.82) is 0 Å². The molecule has 0 radical (unpaired) electrons. The van der Waals surface area contributed by atoms with Crippen LogP contribution in [0.4, 0.5) is 5.82 Å². The first-order valence-electron chi connectivity index (χ1n) is 14.9. The first-order valence-corrected chi connectivity index (χ1v) is 16.0. The highest BCUT2D eigenvalue weighted by Crippen LogP contribution is 2.50. The zero-order valence-corrected chi connectivity index (χ0v) is 25.6. The summed E-state index contributed by atoms with van der Waals surface area (Å²) in [5.41, 5.74) is 4.29. The van der Waals surface area contributed by atoms with Gasteiger partial charge in [-0.2, -0.15) is 5.10 Å². The van der Waals surface area contributed by atoms with Gasteiger partial charge >= 0.3 is 0 Å². The summed E-state index contributed by atoms with van der Waals surface area (Å²) in [7, 11) is 1.63. The summed E-state index contributed by atoms with van der Waals surface area (Å²) in [6, 6.07) is 23.5. The highest BCUT2D eigenvalue weighted by molar-refractivity contribution is 8.00. The van der Waals surface area contributed by atoms with E-state index in [4.69, 9.17) is 19.3 Å². The molecule has 10 heteroatoms. The minimum absolute atomic E-state index is 0.0496. The van der Waals surface area contributed by atoms with E-state index in [9.17, 15) is 9.59 Å². The molecule has 1 saturated heterocycles. The molecule has 0 N–H and O–H groups in total. The van der Waals surface area contributed by atoms with Gasteiger partial charge in [-0.1, -0.05) is 43.3 Å². The fourth-order valence-electron chi connectivity index (χ4n) is 6.06. The Bertz CT molecular complexity index is 1680. The molecule has 0 saturated carbocycles. The lowest BCUT2D eigenvalue weighted by atomic mass is 9.98. The van der Waals surface area contributed by atoms with Gasteiger partial charge in [0.15, 0.2) is 11.5 Å². The summed E-state index contributed by atoms with van der Waals surface area (Å²) in [6.07, 6.45) is 1.93. The number of anilines is 1. The van der Waals surface area contributed by atoms with Gasteiger partial charge in [0, 0.05) is 24.2 Å². The van der Waals surface area contributed by atoms with Crippen LogP contribution in [-0.2, 0) is 9.59 Å². The van der Waals surface area contributed by atoms with Crippen LogP contribution in [0.5, 0.6) is 17.2 Å². The second kappa shape index (κ2) is 11.9. The zero-order valence-electron chi connectivity index (χ0n) is 24.8. The van der Waals surface area contributed by atoms with E-state index in [1.807, 2.05) is 82.4 Å². The second-order valence-electron chi connectivity index (χ2n) is 11.4. The summed E-state index contributed by atoms with van der Waals surface area (Å²) in [5.74, 6) is 3.30. The maximum Gasteiger partial charge on any atom is 0.242 e. The van der Waals surface area contributed by atoms with Crippen molar-refractivity contribution in [1.82, 2.24) is 14.7 Å². The van der Waals surface area contributed by atoms with Crippen LogP contribution in [0.1, 0.15) is 36.1 Å². The third kappa shape index (κ3) is 5.27. The van der Waals surface area contributed by atoms with E-state index < -0.39 is 0 Å². The lowest BCUT2D eigenvalue weighted by molar-refractivity contribution is -0.132. The molecule has 7 rings (SSSR count). The number of piperidine rings is 1. The number of carbonyl (C=O) groups excluding carboxylic acids is 2. The van der Waals surface area contributed by atoms with E-state index in [0.717, 1.165) is 40.9 Å². The Morgan fingerprint density at radius 3 is 2.50 bits per heavy atom. The van der Waals surface area contributed by atoms with Crippen LogP contribution < -0.4 is 19.1 Å². The maximum atomic E-state index is 14.1. The summed E-state index contributed by atoms with van der Waals surface area (Å²) in [6.45, 7) is 3.76. The van der Waals surface area contributed by atoms with Gasteiger partial charge in [-0.05, 0) is 60.7 Å². The first-order chi connectivity index (χ1) is 21.5. The predicted molar refractivity (Wildman–Crippen MR) is 170 cm³/mol. The minimum Gasteiger partial charge on any atom is -0.497 e. The number of nitrogens with zero attached hydrogens (tertiary/aromatic N) is 4. The SMILES string of the molecule is COc1ccc(-n2nc(-c3ccccc3)c3c2N(CC(=O)N2CCC(C)CC2)C(=O)CS[C@H]3c2ccc3c(c2)OCO3)cc1. The Balaban J connectivity index is 1.42. The van der Waals surface area contributed by atoms with Crippen LogP contribution in [0.2, 0.25) is 0 Å². The normalized spacial score (nSPS) is 18.2. The molecule has 4 aromatic rings. The number of fused-ring (bicyclic) bond motifs is 2. The molecule has 0 aliphatic carbocycles. The third-order valence-electron chi connectivity index (χ3n) is 8.58. The van der Waals surface area contributed by atoms with Crippen molar-refractivity contribution in [3.63, 3.8) is 0 Å². The highest BCUT2D eigenvalue weighted by Gasteiger charge is 2.39. The maximum absolute atomic E-state index is 14.1. The topological polar surface area (TPSA) is 86.1 Å². The van der Waals surface area contributed by atoms with Gasteiger partial charge in [-0.3, -0.25) is 14.5 Å². The average Bonchev–Trinajstić information content (AvgIpc) is 3.66.